The third-order valence-corrected chi connectivity index (χ3v) is 5.99. The van der Waals surface area contributed by atoms with Crippen molar-refractivity contribution in [2.75, 3.05) is 6.54 Å². The Morgan fingerprint density at radius 3 is 2.52 bits per heavy atom. The van der Waals surface area contributed by atoms with Gasteiger partial charge in [0.05, 0.1) is 11.0 Å². The number of benzene rings is 1. The first-order valence-corrected chi connectivity index (χ1v) is 11.3. The van der Waals surface area contributed by atoms with Crippen molar-refractivity contribution >= 4 is 23.1 Å². The highest BCUT2D eigenvalue weighted by molar-refractivity contribution is 5.80. The minimum atomic E-state index is -1.000. The lowest BCUT2D eigenvalue weighted by Crippen LogP contribution is -2.49. The maximum Gasteiger partial charge on any atom is 0.411 e. The average Bonchev–Trinajstić information content (AvgIpc) is 3.02. The van der Waals surface area contributed by atoms with E-state index in [1.165, 1.54) is 11.3 Å². The van der Waals surface area contributed by atoms with E-state index in [2.05, 4.69) is 4.98 Å². The van der Waals surface area contributed by atoms with E-state index in [1.54, 1.807) is 20.8 Å². The number of hydrogen-bond donors (Lipinski definition) is 1. The van der Waals surface area contributed by atoms with Crippen LogP contribution in [-0.2, 0) is 23.0 Å². The van der Waals surface area contributed by atoms with Gasteiger partial charge in [-0.2, -0.15) is 0 Å². The lowest BCUT2D eigenvalue weighted by atomic mass is 9.88. The third kappa shape index (κ3) is 5.99. The molecule has 7 nitrogen and oxygen atoms in total. The summed E-state index contributed by atoms with van der Waals surface area (Å²) in [7, 11) is 1.94. The summed E-state index contributed by atoms with van der Waals surface area (Å²) in [5, 5.41) is 10.0. The Kier molecular flexibility index (Phi) is 7.23. The third-order valence-electron chi connectivity index (χ3n) is 5.99. The molecule has 0 bridgehead atoms. The number of aliphatic carboxylic acids is 1. The highest BCUT2D eigenvalue weighted by Gasteiger charge is 2.35. The van der Waals surface area contributed by atoms with E-state index >= 15 is 0 Å². The average molecular weight is 430 g/mol. The predicted molar refractivity (Wildman–Crippen MR) is 120 cm³/mol. The SMILES string of the molecule is Cn1c(CCC(C(=O)O)N(CC2CCCCC2)C(=O)OC(C)(C)C)nc2ccccc21. The molecule has 2 aromatic rings. The fraction of sp³-hybridized carbons (Fsp3) is 0.625. The lowest BCUT2D eigenvalue weighted by Gasteiger charge is -2.35. The molecule has 1 N–H and O–H groups in total. The van der Waals surface area contributed by atoms with Gasteiger partial charge in [0, 0.05) is 20.0 Å². The van der Waals surface area contributed by atoms with Crippen molar-refractivity contribution < 1.29 is 19.4 Å². The number of carbonyl (C=O) groups is 2. The van der Waals surface area contributed by atoms with Crippen molar-refractivity contribution in [2.24, 2.45) is 13.0 Å². The van der Waals surface area contributed by atoms with Gasteiger partial charge in [0.1, 0.15) is 17.5 Å². The van der Waals surface area contributed by atoms with E-state index in [0.717, 1.165) is 42.5 Å². The summed E-state index contributed by atoms with van der Waals surface area (Å²) < 4.78 is 7.59. The van der Waals surface area contributed by atoms with Crippen molar-refractivity contribution in [3.8, 4) is 0 Å². The molecule has 170 valence electrons. The van der Waals surface area contributed by atoms with Crippen LogP contribution in [0.2, 0.25) is 0 Å². The Morgan fingerprint density at radius 1 is 1.23 bits per heavy atom. The van der Waals surface area contributed by atoms with Crippen molar-refractivity contribution in [3.63, 3.8) is 0 Å². The molecule has 1 fully saturated rings. The maximum absolute atomic E-state index is 13.0. The Balaban J connectivity index is 1.80. The molecular weight excluding hydrogens is 394 g/mol. The largest absolute Gasteiger partial charge is 0.480 e. The summed E-state index contributed by atoms with van der Waals surface area (Å²) in [6.07, 6.45) is 5.72. The van der Waals surface area contributed by atoms with Crippen LogP contribution in [0.25, 0.3) is 11.0 Å². The number of para-hydroxylation sites is 2. The predicted octanol–water partition coefficient (Wildman–Crippen LogP) is 4.78. The van der Waals surface area contributed by atoms with Gasteiger partial charge >= 0.3 is 12.1 Å². The number of aromatic nitrogens is 2. The van der Waals surface area contributed by atoms with E-state index in [9.17, 15) is 14.7 Å². The van der Waals surface area contributed by atoms with Crippen molar-refractivity contribution in [1.29, 1.82) is 0 Å². The second kappa shape index (κ2) is 9.71. The summed E-state index contributed by atoms with van der Waals surface area (Å²) in [5.41, 5.74) is 1.22. The van der Waals surface area contributed by atoms with Crippen molar-refractivity contribution in [1.82, 2.24) is 14.5 Å². The molecule has 0 radical (unpaired) electrons. The van der Waals surface area contributed by atoms with Crippen molar-refractivity contribution in [3.05, 3.63) is 30.1 Å². The number of rotatable bonds is 7. The zero-order valence-corrected chi connectivity index (χ0v) is 19.1. The molecule has 1 atom stereocenters. The van der Waals surface area contributed by atoms with E-state index in [-0.39, 0.29) is 0 Å². The number of nitrogens with zero attached hydrogens (tertiary/aromatic N) is 3. The first kappa shape index (κ1) is 23.1. The van der Waals surface area contributed by atoms with Gasteiger partial charge in [-0.15, -0.1) is 0 Å². The number of carbonyl (C=O) groups excluding carboxylic acids is 1. The van der Waals surface area contributed by atoms with E-state index in [1.807, 2.05) is 35.9 Å². The van der Waals surface area contributed by atoms with Crippen LogP contribution in [0, 0.1) is 5.92 Å². The standard InChI is InChI=1S/C24H35N3O4/c1-24(2,3)31-23(30)27(16-17-10-6-5-7-11-17)20(22(28)29)14-15-21-25-18-12-8-9-13-19(18)26(21)4/h8-9,12-13,17,20H,5-7,10-11,14-16H2,1-4H3,(H,28,29). The van der Waals surface area contributed by atoms with Gasteiger partial charge in [-0.1, -0.05) is 31.4 Å². The van der Waals surface area contributed by atoms with Crippen LogP contribution in [0.5, 0.6) is 0 Å². The molecule has 1 aliphatic rings. The molecule has 1 amide bonds. The van der Waals surface area contributed by atoms with Crippen LogP contribution >= 0.6 is 0 Å². The van der Waals surface area contributed by atoms with Crippen LogP contribution in [0.1, 0.15) is 65.1 Å². The molecule has 1 aromatic carbocycles. The molecule has 1 aromatic heterocycles. The summed E-state index contributed by atoms with van der Waals surface area (Å²) in [4.78, 5) is 31.4. The highest BCUT2D eigenvalue weighted by atomic mass is 16.6. The topological polar surface area (TPSA) is 84.7 Å². The monoisotopic (exact) mass is 429 g/mol. The molecular formula is C24H35N3O4. The molecule has 7 heteroatoms. The van der Waals surface area contributed by atoms with Crippen molar-refractivity contribution in [2.45, 2.75) is 77.4 Å². The number of fused-ring (bicyclic) bond motifs is 1. The Labute approximate surface area is 184 Å². The zero-order valence-electron chi connectivity index (χ0n) is 19.1. The van der Waals surface area contributed by atoms with Crippen LogP contribution in [0.15, 0.2) is 24.3 Å². The quantitative estimate of drug-likeness (QED) is 0.685. The number of amides is 1. The lowest BCUT2D eigenvalue weighted by molar-refractivity contribution is -0.143. The number of carboxylic acids is 1. The van der Waals surface area contributed by atoms with Gasteiger partial charge in [-0.3, -0.25) is 4.90 Å². The molecule has 3 rings (SSSR count). The normalized spacial score (nSPS) is 16.3. The molecule has 1 aliphatic carbocycles. The summed E-state index contributed by atoms with van der Waals surface area (Å²) in [6, 6.07) is 6.90. The number of imidazole rings is 1. The number of hydrogen-bond acceptors (Lipinski definition) is 4. The second-order valence-electron chi connectivity index (χ2n) is 9.61. The van der Waals surface area contributed by atoms with Crippen LogP contribution in [0.4, 0.5) is 4.79 Å². The highest BCUT2D eigenvalue weighted by Crippen LogP contribution is 2.27. The minimum Gasteiger partial charge on any atom is -0.480 e. The molecule has 0 aliphatic heterocycles. The first-order chi connectivity index (χ1) is 14.7. The van der Waals surface area contributed by atoms with Gasteiger partial charge in [0.25, 0.3) is 0 Å². The number of carboxylic acid groups (broad SMARTS) is 1. The van der Waals surface area contributed by atoms with Gasteiger partial charge in [-0.25, -0.2) is 14.6 Å². The summed E-state index contributed by atoms with van der Waals surface area (Å²) in [5.74, 6) is 0.133. The molecule has 0 spiro atoms. The van der Waals surface area contributed by atoms with E-state index in [4.69, 9.17) is 4.74 Å². The zero-order chi connectivity index (χ0) is 22.6. The second-order valence-corrected chi connectivity index (χ2v) is 9.61. The Hall–Kier alpha value is -2.57. The molecule has 1 heterocycles. The minimum absolute atomic E-state index is 0.290. The van der Waals surface area contributed by atoms with Gasteiger partial charge < -0.3 is 14.4 Å². The fourth-order valence-electron chi connectivity index (χ4n) is 4.39. The molecule has 31 heavy (non-hydrogen) atoms. The van der Waals surface area contributed by atoms with Crippen LogP contribution in [0.3, 0.4) is 0 Å². The van der Waals surface area contributed by atoms with Crippen LogP contribution < -0.4 is 0 Å². The van der Waals surface area contributed by atoms with Gasteiger partial charge in [-0.05, 0) is 58.1 Å². The van der Waals surface area contributed by atoms with E-state index in [0.29, 0.717) is 25.3 Å². The molecule has 0 saturated heterocycles. The number of aryl methyl sites for hydroxylation is 2. The summed E-state index contributed by atoms with van der Waals surface area (Å²) in [6.45, 7) is 5.84. The van der Waals surface area contributed by atoms with Gasteiger partial charge in [0.2, 0.25) is 0 Å². The van der Waals surface area contributed by atoms with E-state index < -0.39 is 23.7 Å². The Bertz CT molecular complexity index is 909. The number of ether oxygens (including phenoxy) is 1. The smallest absolute Gasteiger partial charge is 0.411 e. The molecule has 1 saturated carbocycles. The first-order valence-electron chi connectivity index (χ1n) is 11.3. The molecule has 1 unspecified atom stereocenters. The Morgan fingerprint density at radius 2 is 1.90 bits per heavy atom. The van der Waals surface area contributed by atoms with Crippen LogP contribution in [-0.4, -0.2) is 49.8 Å². The summed E-state index contributed by atoms with van der Waals surface area (Å²) >= 11 is 0. The van der Waals surface area contributed by atoms with Gasteiger partial charge in [0.15, 0.2) is 0 Å². The maximum atomic E-state index is 13.0. The fourth-order valence-corrected chi connectivity index (χ4v) is 4.39.